The number of amides is 1. The maximum absolute atomic E-state index is 13.2. The van der Waals surface area contributed by atoms with Crippen molar-refractivity contribution >= 4 is 45.5 Å². The summed E-state index contributed by atoms with van der Waals surface area (Å²) in [4.78, 5) is 17.9. The van der Waals surface area contributed by atoms with Gasteiger partial charge in [0.2, 0.25) is 5.91 Å². The van der Waals surface area contributed by atoms with E-state index in [4.69, 9.17) is 25.8 Å². The lowest BCUT2D eigenvalue weighted by atomic mass is 10.0. The zero-order valence-corrected chi connectivity index (χ0v) is 25.7. The first kappa shape index (κ1) is 30.4. The number of aryl methyl sites for hydroxylation is 1. The number of carbonyl (C=O) groups excluding carboxylic acids is 1. The van der Waals surface area contributed by atoms with Crippen molar-refractivity contribution in [3.05, 3.63) is 94.2 Å². The fourth-order valence-corrected chi connectivity index (χ4v) is 5.71. The van der Waals surface area contributed by atoms with Gasteiger partial charge in [0, 0.05) is 29.8 Å². The first-order valence-electron chi connectivity index (χ1n) is 15.0. The number of carbonyl (C=O) groups is 1. The van der Waals surface area contributed by atoms with Crippen molar-refractivity contribution in [2.24, 2.45) is 0 Å². The second kappa shape index (κ2) is 14.0. The topological polar surface area (TPSA) is 118 Å². The minimum Gasteiger partial charge on any atom is -0.487 e. The predicted molar refractivity (Wildman–Crippen MR) is 175 cm³/mol. The number of ether oxygens (including phenoxy) is 3. The molecule has 3 heterocycles. The number of nitrogens with one attached hydrogen (secondary N) is 3. The molecule has 3 aromatic carbocycles. The van der Waals surface area contributed by atoms with Gasteiger partial charge in [-0.1, -0.05) is 41.4 Å². The summed E-state index contributed by atoms with van der Waals surface area (Å²) in [7, 11) is 0. The van der Waals surface area contributed by atoms with E-state index in [2.05, 4.69) is 27.0 Å². The highest BCUT2D eigenvalue weighted by Gasteiger charge is 2.23. The van der Waals surface area contributed by atoms with Gasteiger partial charge in [-0.05, 0) is 74.3 Å². The summed E-state index contributed by atoms with van der Waals surface area (Å²) in [6, 6.07) is 19.3. The van der Waals surface area contributed by atoms with Crippen LogP contribution in [0.25, 0.3) is 10.9 Å². The van der Waals surface area contributed by atoms with Crippen LogP contribution in [0, 0.1) is 18.3 Å². The van der Waals surface area contributed by atoms with Crippen LogP contribution in [0.3, 0.4) is 0 Å². The van der Waals surface area contributed by atoms with Gasteiger partial charge >= 0.3 is 0 Å². The fourth-order valence-electron chi connectivity index (χ4n) is 5.48. The number of rotatable bonds is 9. The largest absolute Gasteiger partial charge is 0.487 e. The third-order valence-corrected chi connectivity index (χ3v) is 8.27. The van der Waals surface area contributed by atoms with Crippen molar-refractivity contribution in [2.75, 3.05) is 36.9 Å². The lowest BCUT2D eigenvalue weighted by molar-refractivity contribution is -0.112. The van der Waals surface area contributed by atoms with Gasteiger partial charge in [0.05, 0.1) is 35.0 Å². The molecule has 1 unspecified atom stereocenters. The first-order valence-corrected chi connectivity index (χ1v) is 15.4. The minimum absolute atomic E-state index is 0.134. The van der Waals surface area contributed by atoms with Crippen LogP contribution in [0.2, 0.25) is 5.02 Å². The van der Waals surface area contributed by atoms with Gasteiger partial charge in [0.1, 0.15) is 36.0 Å². The number of hydrogen-bond donors (Lipinski definition) is 3. The lowest BCUT2D eigenvalue weighted by Gasteiger charge is -2.20. The number of fused-ring (bicyclic) bond motifs is 1. The van der Waals surface area contributed by atoms with E-state index in [1.54, 1.807) is 24.3 Å². The second-order valence-electron chi connectivity index (χ2n) is 11.1. The van der Waals surface area contributed by atoms with Crippen molar-refractivity contribution in [1.82, 2.24) is 10.3 Å². The molecule has 0 aliphatic carbocycles. The van der Waals surface area contributed by atoms with E-state index >= 15 is 0 Å². The molecule has 1 amide bonds. The number of nitriles is 1. The summed E-state index contributed by atoms with van der Waals surface area (Å²) < 4.78 is 17.8. The van der Waals surface area contributed by atoms with Gasteiger partial charge in [0.15, 0.2) is 0 Å². The number of halogens is 1. The average Bonchev–Trinajstić information content (AvgIpc) is 3.56. The molecular weight excluding hydrogens is 590 g/mol. The van der Waals surface area contributed by atoms with Crippen molar-refractivity contribution < 1.29 is 19.0 Å². The van der Waals surface area contributed by atoms with Crippen LogP contribution in [-0.2, 0) is 16.1 Å². The standard InChI is InChI=1S/C35H34ClN5O4/c1-22-4-2-3-5-24(22)20-44-30-8-6-26(17-29(30)36)40-33-25(18-37)19-39-34-28(33)7-9-31(45-27-12-15-43-21-27)35(34)41-32(42)16-23-10-13-38-14-11-23/h2-9,16-17,19,27,38H,10-15,20-21H2,1H3,(H,39,40)(H,41,42). The highest BCUT2D eigenvalue weighted by molar-refractivity contribution is 6.32. The van der Waals surface area contributed by atoms with Crippen molar-refractivity contribution in [3.63, 3.8) is 0 Å². The molecule has 1 atom stereocenters. The predicted octanol–water partition coefficient (Wildman–Crippen LogP) is 6.81. The first-order chi connectivity index (χ1) is 22.0. The normalized spacial score (nSPS) is 16.2. The van der Waals surface area contributed by atoms with Crippen LogP contribution in [0.4, 0.5) is 17.1 Å². The maximum atomic E-state index is 13.2. The van der Waals surface area contributed by atoms with Gasteiger partial charge in [-0.25, -0.2) is 0 Å². The molecule has 2 aliphatic heterocycles. The van der Waals surface area contributed by atoms with Crippen molar-refractivity contribution in [2.45, 2.75) is 38.9 Å². The van der Waals surface area contributed by atoms with Gasteiger partial charge in [0.25, 0.3) is 0 Å². The van der Waals surface area contributed by atoms with E-state index in [9.17, 15) is 10.1 Å². The van der Waals surface area contributed by atoms with Crippen LogP contribution in [0.1, 0.15) is 36.0 Å². The second-order valence-corrected chi connectivity index (χ2v) is 11.5. The van der Waals surface area contributed by atoms with Crippen LogP contribution >= 0.6 is 11.6 Å². The van der Waals surface area contributed by atoms with E-state index in [1.165, 1.54) is 6.20 Å². The Balaban J connectivity index is 1.31. The molecule has 0 spiro atoms. The SMILES string of the molecule is Cc1ccccc1COc1ccc(Nc2c(C#N)cnc3c(NC(=O)C=C4CCNCC4)c(OC4CCOC4)ccc23)cc1Cl. The zero-order valence-electron chi connectivity index (χ0n) is 25.0. The van der Waals surface area contributed by atoms with E-state index in [0.29, 0.717) is 69.9 Å². The number of anilines is 3. The molecule has 3 N–H and O–H groups in total. The molecular formula is C35H34ClN5O4. The number of aromatic nitrogens is 1. The molecule has 0 radical (unpaired) electrons. The highest BCUT2D eigenvalue weighted by Crippen LogP contribution is 2.39. The maximum Gasteiger partial charge on any atom is 0.248 e. The molecule has 6 rings (SSSR count). The molecule has 0 bridgehead atoms. The summed E-state index contributed by atoms with van der Waals surface area (Å²) in [5, 5.41) is 20.8. The molecule has 1 aromatic heterocycles. The molecule has 4 aromatic rings. The van der Waals surface area contributed by atoms with E-state index in [0.717, 1.165) is 49.1 Å². The summed E-state index contributed by atoms with van der Waals surface area (Å²) in [6.07, 6.45) is 5.42. The Kier molecular flexibility index (Phi) is 9.46. The number of benzene rings is 3. The van der Waals surface area contributed by atoms with E-state index in [1.807, 2.05) is 43.3 Å². The quantitative estimate of drug-likeness (QED) is 0.174. The van der Waals surface area contributed by atoms with Gasteiger partial charge < -0.3 is 30.2 Å². The summed E-state index contributed by atoms with van der Waals surface area (Å²) in [5.74, 6) is 0.799. The molecule has 230 valence electrons. The fraction of sp³-hybridized carbons (Fsp3) is 0.286. The Labute approximate surface area is 267 Å². The van der Waals surface area contributed by atoms with Crippen LogP contribution in [-0.4, -0.2) is 43.3 Å². The van der Waals surface area contributed by atoms with E-state index < -0.39 is 0 Å². The average molecular weight is 624 g/mol. The molecule has 2 fully saturated rings. The lowest BCUT2D eigenvalue weighted by Crippen LogP contribution is -2.24. The minimum atomic E-state index is -0.249. The van der Waals surface area contributed by atoms with Gasteiger partial charge in [-0.2, -0.15) is 5.26 Å². The van der Waals surface area contributed by atoms with Crippen molar-refractivity contribution in [1.29, 1.82) is 5.26 Å². The summed E-state index contributed by atoms with van der Waals surface area (Å²) >= 11 is 6.63. The van der Waals surface area contributed by atoms with Crippen LogP contribution < -0.4 is 25.4 Å². The van der Waals surface area contributed by atoms with E-state index in [-0.39, 0.29) is 12.0 Å². The third-order valence-electron chi connectivity index (χ3n) is 7.98. The molecule has 2 aliphatic rings. The highest BCUT2D eigenvalue weighted by atomic mass is 35.5. The number of pyridine rings is 1. The Morgan fingerprint density at radius 1 is 1.16 bits per heavy atom. The molecule has 2 saturated heterocycles. The van der Waals surface area contributed by atoms with Crippen LogP contribution in [0.5, 0.6) is 11.5 Å². The van der Waals surface area contributed by atoms with Crippen molar-refractivity contribution in [3.8, 4) is 17.6 Å². The smallest absolute Gasteiger partial charge is 0.248 e. The third kappa shape index (κ3) is 7.21. The van der Waals surface area contributed by atoms with Gasteiger partial charge in [-0.15, -0.1) is 0 Å². The van der Waals surface area contributed by atoms with Gasteiger partial charge in [-0.3, -0.25) is 9.78 Å². The summed E-state index contributed by atoms with van der Waals surface area (Å²) in [6.45, 7) is 5.23. The number of nitrogens with zero attached hydrogens (tertiary/aromatic N) is 2. The Hall–Kier alpha value is -4.62. The van der Waals surface area contributed by atoms with Crippen LogP contribution in [0.15, 0.2) is 72.4 Å². The molecule has 0 saturated carbocycles. The Morgan fingerprint density at radius 3 is 2.73 bits per heavy atom. The molecule has 45 heavy (non-hydrogen) atoms. The molecule has 9 nitrogen and oxygen atoms in total. The monoisotopic (exact) mass is 623 g/mol. The summed E-state index contributed by atoms with van der Waals surface area (Å²) in [5.41, 5.74) is 5.79. The Morgan fingerprint density at radius 2 is 1.98 bits per heavy atom. The molecule has 10 heteroatoms. The number of hydrogen-bond acceptors (Lipinski definition) is 8. The number of piperidine rings is 1. The Bertz CT molecular complexity index is 1790. The zero-order chi connectivity index (χ0) is 31.2.